The molecule has 0 bridgehead atoms. The van der Waals surface area contributed by atoms with Crippen LogP contribution in [0.25, 0.3) is 0 Å². The van der Waals surface area contributed by atoms with Gasteiger partial charge in [-0.2, -0.15) is 0 Å². The fraction of sp³-hybridized carbons (Fsp3) is 1.00. The quantitative estimate of drug-likeness (QED) is 0.550. The minimum atomic E-state index is -0.411. The molecule has 110 valence electrons. The molecule has 0 spiro atoms. The summed E-state index contributed by atoms with van der Waals surface area (Å²) < 4.78 is 5.61. The SMILES string of the molecule is CCN(C)CCNCC(O)COC(C)CC(C)C. The van der Waals surface area contributed by atoms with Gasteiger partial charge in [0.2, 0.25) is 0 Å². The van der Waals surface area contributed by atoms with Crippen molar-refractivity contribution in [3.05, 3.63) is 0 Å². The minimum absolute atomic E-state index is 0.228. The van der Waals surface area contributed by atoms with Crippen LogP contribution in [-0.2, 0) is 4.74 Å². The van der Waals surface area contributed by atoms with Crippen molar-refractivity contribution in [1.82, 2.24) is 10.2 Å². The van der Waals surface area contributed by atoms with Crippen molar-refractivity contribution >= 4 is 0 Å². The summed E-state index contributed by atoms with van der Waals surface area (Å²) in [5, 5.41) is 13.0. The molecule has 0 fully saturated rings. The molecule has 0 amide bonds. The Morgan fingerprint density at radius 3 is 2.50 bits per heavy atom. The highest BCUT2D eigenvalue weighted by Crippen LogP contribution is 2.07. The number of nitrogens with one attached hydrogen (secondary N) is 1. The van der Waals surface area contributed by atoms with Crippen LogP contribution < -0.4 is 5.32 Å². The van der Waals surface area contributed by atoms with E-state index in [-0.39, 0.29) is 6.10 Å². The summed E-state index contributed by atoms with van der Waals surface area (Å²) >= 11 is 0. The van der Waals surface area contributed by atoms with Gasteiger partial charge in [-0.15, -0.1) is 0 Å². The third kappa shape index (κ3) is 11.0. The number of aliphatic hydroxyl groups excluding tert-OH is 1. The summed E-state index contributed by atoms with van der Waals surface area (Å²) in [6.45, 7) is 12.6. The summed E-state index contributed by atoms with van der Waals surface area (Å²) in [5.41, 5.74) is 0. The van der Waals surface area contributed by atoms with Crippen molar-refractivity contribution in [3.63, 3.8) is 0 Å². The van der Waals surface area contributed by atoms with Crippen molar-refractivity contribution in [2.24, 2.45) is 5.92 Å². The number of hydrogen-bond donors (Lipinski definition) is 2. The van der Waals surface area contributed by atoms with Gasteiger partial charge in [-0.1, -0.05) is 20.8 Å². The largest absolute Gasteiger partial charge is 0.389 e. The van der Waals surface area contributed by atoms with Gasteiger partial charge in [-0.3, -0.25) is 0 Å². The molecule has 0 heterocycles. The zero-order chi connectivity index (χ0) is 14.0. The average Bonchev–Trinajstić information content (AvgIpc) is 2.30. The van der Waals surface area contributed by atoms with E-state index in [9.17, 15) is 5.11 Å². The van der Waals surface area contributed by atoms with E-state index in [0.29, 0.717) is 19.1 Å². The molecule has 0 radical (unpaired) electrons. The molecule has 2 atom stereocenters. The molecule has 0 saturated carbocycles. The molecule has 0 aromatic carbocycles. The smallest absolute Gasteiger partial charge is 0.0897 e. The molecule has 0 aromatic rings. The first-order valence-electron chi connectivity index (χ1n) is 7.14. The molecule has 4 heteroatoms. The molecule has 2 unspecified atom stereocenters. The van der Waals surface area contributed by atoms with Gasteiger partial charge in [0, 0.05) is 19.6 Å². The summed E-state index contributed by atoms with van der Waals surface area (Å²) in [6.07, 6.45) is 0.860. The van der Waals surface area contributed by atoms with E-state index in [1.54, 1.807) is 0 Å². The van der Waals surface area contributed by atoms with E-state index in [0.717, 1.165) is 26.1 Å². The third-order valence-electron chi connectivity index (χ3n) is 2.97. The summed E-state index contributed by atoms with van der Waals surface area (Å²) in [7, 11) is 2.09. The van der Waals surface area contributed by atoms with Crippen LogP contribution in [0.5, 0.6) is 0 Å². The van der Waals surface area contributed by atoms with Crippen LogP contribution >= 0.6 is 0 Å². The minimum Gasteiger partial charge on any atom is -0.389 e. The van der Waals surface area contributed by atoms with Crippen LogP contribution in [0.2, 0.25) is 0 Å². The Hall–Kier alpha value is -0.160. The van der Waals surface area contributed by atoms with Gasteiger partial charge < -0.3 is 20.1 Å². The first-order chi connectivity index (χ1) is 8.45. The van der Waals surface area contributed by atoms with Gasteiger partial charge in [-0.25, -0.2) is 0 Å². The third-order valence-corrected chi connectivity index (χ3v) is 2.97. The summed E-state index contributed by atoms with van der Waals surface area (Å²) in [4.78, 5) is 2.24. The Balaban J connectivity index is 3.45. The summed E-state index contributed by atoms with van der Waals surface area (Å²) in [5.74, 6) is 0.639. The normalized spacial score (nSPS) is 15.3. The van der Waals surface area contributed by atoms with Crippen LogP contribution in [0.15, 0.2) is 0 Å². The molecule has 0 rings (SSSR count). The predicted octanol–water partition coefficient (Wildman–Crippen LogP) is 1.34. The molecule has 0 aliphatic rings. The molecule has 0 aliphatic heterocycles. The highest BCUT2D eigenvalue weighted by molar-refractivity contribution is 4.62. The number of nitrogens with zero attached hydrogens (tertiary/aromatic N) is 1. The molecule has 0 aromatic heterocycles. The summed E-state index contributed by atoms with van der Waals surface area (Å²) in [6, 6.07) is 0. The van der Waals surface area contributed by atoms with E-state index < -0.39 is 6.10 Å². The Kier molecular flexibility index (Phi) is 10.6. The Bertz CT molecular complexity index is 189. The molecule has 2 N–H and O–H groups in total. The second-order valence-electron chi connectivity index (χ2n) is 5.53. The number of rotatable bonds is 11. The average molecular weight is 260 g/mol. The predicted molar refractivity (Wildman–Crippen MR) is 76.9 cm³/mol. The number of aliphatic hydroxyl groups is 1. The number of likely N-dealkylation sites (N-methyl/N-ethyl adjacent to an activating group) is 1. The van der Waals surface area contributed by atoms with Crippen LogP contribution in [0.4, 0.5) is 0 Å². The van der Waals surface area contributed by atoms with Crippen LogP contribution in [0.3, 0.4) is 0 Å². The van der Waals surface area contributed by atoms with Crippen molar-refractivity contribution in [2.45, 2.75) is 46.3 Å². The van der Waals surface area contributed by atoms with E-state index >= 15 is 0 Å². The van der Waals surface area contributed by atoms with Crippen LogP contribution in [0.1, 0.15) is 34.1 Å². The second-order valence-corrected chi connectivity index (χ2v) is 5.53. The van der Waals surface area contributed by atoms with E-state index in [4.69, 9.17) is 4.74 Å². The molecule has 18 heavy (non-hydrogen) atoms. The van der Waals surface area contributed by atoms with Gasteiger partial charge in [0.1, 0.15) is 0 Å². The number of ether oxygens (including phenoxy) is 1. The fourth-order valence-electron chi connectivity index (χ4n) is 1.76. The molecular formula is C14H32N2O2. The van der Waals surface area contributed by atoms with Crippen LogP contribution in [-0.4, -0.2) is 62.0 Å². The standard InChI is InChI=1S/C14H32N2O2/c1-6-16(5)8-7-15-10-14(17)11-18-13(4)9-12(2)3/h12-15,17H,6-11H2,1-5H3. The molecule has 0 saturated heterocycles. The van der Waals surface area contributed by atoms with Gasteiger partial charge >= 0.3 is 0 Å². The van der Waals surface area contributed by atoms with Gasteiger partial charge in [-0.05, 0) is 32.9 Å². The van der Waals surface area contributed by atoms with Gasteiger partial charge in [0.05, 0.1) is 18.8 Å². The topological polar surface area (TPSA) is 44.7 Å². The Morgan fingerprint density at radius 1 is 1.28 bits per heavy atom. The lowest BCUT2D eigenvalue weighted by Crippen LogP contribution is -2.36. The zero-order valence-corrected chi connectivity index (χ0v) is 12.8. The van der Waals surface area contributed by atoms with E-state index in [1.165, 1.54) is 0 Å². The van der Waals surface area contributed by atoms with Crippen LogP contribution in [0, 0.1) is 5.92 Å². The van der Waals surface area contributed by atoms with Gasteiger partial charge in [0.25, 0.3) is 0 Å². The second kappa shape index (κ2) is 10.7. The lowest BCUT2D eigenvalue weighted by atomic mass is 10.1. The number of hydrogen-bond acceptors (Lipinski definition) is 4. The highest BCUT2D eigenvalue weighted by atomic mass is 16.5. The van der Waals surface area contributed by atoms with Gasteiger partial charge in [0.15, 0.2) is 0 Å². The first-order valence-corrected chi connectivity index (χ1v) is 7.14. The van der Waals surface area contributed by atoms with Crippen molar-refractivity contribution in [1.29, 1.82) is 0 Å². The van der Waals surface area contributed by atoms with Crippen molar-refractivity contribution in [2.75, 3.05) is 39.8 Å². The maximum absolute atomic E-state index is 9.75. The molecular weight excluding hydrogens is 228 g/mol. The monoisotopic (exact) mass is 260 g/mol. The zero-order valence-electron chi connectivity index (χ0n) is 12.8. The Labute approximate surface area is 113 Å². The fourth-order valence-corrected chi connectivity index (χ4v) is 1.76. The lowest BCUT2D eigenvalue weighted by molar-refractivity contribution is -0.00851. The molecule has 4 nitrogen and oxygen atoms in total. The maximum Gasteiger partial charge on any atom is 0.0897 e. The lowest BCUT2D eigenvalue weighted by Gasteiger charge is -2.19. The van der Waals surface area contributed by atoms with E-state index in [2.05, 4.69) is 45.0 Å². The Morgan fingerprint density at radius 2 is 1.94 bits per heavy atom. The van der Waals surface area contributed by atoms with E-state index in [1.807, 2.05) is 0 Å². The van der Waals surface area contributed by atoms with Crippen molar-refractivity contribution in [3.8, 4) is 0 Å². The molecule has 0 aliphatic carbocycles. The highest BCUT2D eigenvalue weighted by Gasteiger charge is 2.09. The maximum atomic E-state index is 9.75. The van der Waals surface area contributed by atoms with Crippen molar-refractivity contribution < 1.29 is 9.84 Å². The first kappa shape index (κ1) is 17.8.